The number of halogens is 2. The van der Waals surface area contributed by atoms with Crippen LogP contribution in [0.15, 0.2) is 46.0 Å². The minimum Gasteiger partial charge on any atom is -0.478 e. The molecule has 0 saturated heterocycles. The van der Waals surface area contributed by atoms with E-state index in [1.807, 2.05) is 0 Å². The van der Waals surface area contributed by atoms with Gasteiger partial charge in [0.1, 0.15) is 0 Å². The molecule has 0 spiro atoms. The lowest BCUT2D eigenvalue weighted by atomic mass is 10.3. The number of sulfonamides is 1. The van der Waals surface area contributed by atoms with Gasteiger partial charge in [0.15, 0.2) is 5.03 Å². The number of carboxylic acid groups (broad SMARTS) is 1. The van der Waals surface area contributed by atoms with E-state index in [9.17, 15) is 13.2 Å². The van der Waals surface area contributed by atoms with Crippen LogP contribution in [0.1, 0.15) is 10.4 Å². The van der Waals surface area contributed by atoms with Gasteiger partial charge in [-0.15, -0.1) is 0 Å². The Morgan fingerprint density at radius 1 is 1.29 bits per heavy atom. The number of carbonyl (C=O) groups is 1. The van der Waals surface area contributed by atoms with Gasteiger partial charge in [0.2, 0.25) is 0 Å². The van der Waals surface area contributed by atoms with Gasteiger partial charge in [-0.2, -0.15) is 8.42 Å². The van der Waals surface area contributed by atoms with Crippen LogP contribution in [0.2, 0.25) is 5.02 Å². The van der Waals surface area contributed by atoms with Gasteiger partial charge in [-0.3, -0.25) is 4.72 Å². The van der Waals surface area contributed by atoms with Crippen molar-refractivity contribution in [1.29, 1.82) is 0 Å². The number of hydrogen-bond donors (Lipinski definition) is 2. The molecule has 0 atom stereocenters. The zero-order valence-electron chi connectivity index (χ0n) is 10.2. The van der Waals surface area contributed by atoms with Crippen LogP contribution in [0.5, 0.6) is 0 Å². The van der Waals surface area contributed by atoms with Gasteiger partial charge in [-0.25, -0.2) is 9.78 Å². The fraction of sp³-hybridized carbons (Fsp3) is 0. The zero-order valence-corrected chi connectivity index (χ0v) is 13.4. The van der Waals surface area contributed by atoms with E-state index < -0.39 is 16.0 Å². The molecule has 1 aromatic carbocycles. The Kier molecular flexibility index (Phi) is 4.50. The Hall–Kier alpha value is -1.64. The number of aromatic nitrogens is 1. The average Bonchev–Trinajstić information content (AvgIpc) is 2.42. The number of nitrogens with zero attached hydrogens (tertiary/aromatic N) is 1. The predicted molar refractivity (Wildman–Crippen MR) is 81.2 cm³/mol. The average molecular weight is 392 g/mol. The number of pyridine rings is 1. The van der Waals surface area contributed by atoms with E-state index in [2.05, 4.69) is 25.6 Å². The molecular formula is C12H8BrClN2O4S. The molecule has 0 amide bonds. The molecule has 2 aromatic rings. The highest BCUT2D eigenvalue weighted by atomic mass is 79.9. The van der Waals surface area contributed by atoms with E-state index in [1.54, 1.807) is 6.07 Å². The number of nitrogens with one attached hydrogen (secondary N) is 1. The largest absolute Gasteiger partial charge is 0.478 e. The van der Waals surface area contributed by atoms with Gasteiger partial charge in [-0.1, -0.05) is 11.6 Å². The van der Waals surface area contributed by atoms with Crippen molar-refractivity contribution in [2.45, 2.75) is 5.03 Å². The van der Waals surface area contributed by atoms with E-state index >= 15 is 0 Å². The Balaban J connectivity index is 2.31. The van der Waals surface area contributed by atoms with Gasteiger partial charge < -0.3 is 5.11 Å². The summed E-state index contributed by atoms with van der Waals surface area (Å²) in [4.78, 5) is 14.3. The van der Waals surface area contributed by atoms with Crippen LogP contribution in [0.4, 0.5) is 5.69 Å². The molecule has 1 aromatic heterocycles. The van der Waals surface area contributed by atoms with E-state index in [-0.39, 0.29) is 10.6 Å². The Labute approximate surface area is 134 Å². The molecule has 0 radical (unpaired) electrons. The standard InChI is InChI=1S/C12H8BrClN2O4S/c13-9-5-8(14)2-3-10(9)16-21(19,20)11-4-1-7(6-15-11)12(17)18/h1-6,16H,(H,17,18). The summed E-state index contributed by atoms with van der Waals surface area (Å²) in [5.41, 5.74) is 0.199. The number of aromatic carboxylic acids is 1. The van der Waals surface area contributed by atoms with Crippen molar-refractivity contribution in [3.05, 3.63) is 51.6 Å². The lowest BCUT2D eigenvalue weighted by Gasteiger charge is -2.09. The first-order chi connectivity index (χ1) is 9.79. The molecule has 0 fully saturated rings. The summed E-state index contributed by atoms with van der Waals surface area (Å²) < 4.78 is 27.1. The van der Waals surface area contributed by atoms with Crippen molar-refractivity contribution < 1.29 is 18.3 Å². The van der Waals surface area contributed by atoms with Crippen LogP contribution in [0.3, 0.4) is 0 Å². The quantitative estimate of drug-likeness (QED) is 0.835. The van der Waals surface area contributed by atoms with Crippen molar-refractivity contribution >= 4 is 49.2 Å². The fourth-order valence-corrected chi connectivity index (χ4v) is 3.36. The predicted octanol–water partition coefficient (Wildman–Crippen LogP) is 3.00. The summed E-state index contributed by atoms with van der Waals surface area (Å²) >= 11 is 8.97. The third kappa shape index (κ3) is 3.72. The fourth-order valence-electron chi connectivity index (χ4n) is 1.44. The van der Waals surface area contributed by atoms with Gasteiger partial charge >= 0.3 is 5.97 Å². The molecule has 0 aliphatic rings. The van der Waals surface area contributed by atoms with Crippen LogP contribution in [0, 0.1) is 0 Å². The molecular weight excluding hydrogens is 384 g/mol. The maximum Gasteiger partial charge on any atom is 0.337 e. The lowest BCUT2D eigenvalue weighted by Crippen LogP contribution is -2.15. The molecule has 1 heterocycles. The number of benzene rings is 1. The molecule has 9 heteroatoms. The SMILES string of the molecule is O=C(O)c1ccc(S(=O)(=O)Nc2ccc(Cl)cc2Br)nc1. The second kappa shape index (κ2) is 6.00. The van der Waals surface area contributed by atoms with E-state index in [4.69, 9.17) is 16.7 Å². The van der Waals surface area contributed by atoms with E-state index in [0.717, 1.165) is 12.3 Å². The summed E-state index contributed by atoms with van der Waals surface area (Å²) in [5.74, 6) is -1.18. The molecule has 0 unspecified atom stereocenters. The van der Waals surface area contributed by atoms with Crippen molar-refractivity contribution in [2.24, 2.45) is 0 Å². The summed E-state index contributed by atoms with van der Waals surface area (Å²) in [6.45, 7) is 0. The minimum atomic E-state index is -3.92. The Bertz CT molecular complexity index is 793. The highest BCUT2D eigenvalue weighted by Gasteiger charge is 2.18. The number of rotatable bonds is 4. The maximum atomic E-state index is 12.1. The minimum absolute atomic E-state index is 0.0957. The van der Waals surface area contributed by atoms with Crippen LogP contribution < -0.4 is 4.72 Å². The van der Waals surface area contributed by atoms with Gasteiger partial charge in [0.05, 0.1) is 11.3 Å². The molecule has 21 heavy (non-hydrogen) atoms. The van der Waals surface area contributed by atoms with Crippen LogP contribution in [-0.2, 0) is 10.0 Å². The van der Waals surface area contributed by atoms with Gasteiger partial charge in [0.25, 0.3) is 10.0 Å². The molecule has 0 saturated carbocycles. The van der Waals surface area contributed by atoms with Crippen LogP contribution in [0.25, 0.3) is 0 Å². The van der Waals surface area contributed by atoms with E-state index in [0.29, 0.717) is 15.2 Å². The Morgan fingerprint density at radius 2 is 2.00 bits per heavy atom. The summed E-state index contributed by atoms with van der Waals surface area (Å²) in [5, 5.41) is 8.92. The van der Waals surface area contributed by atoms with Crippen molar-refractivity contribution in [3.63, 3.8) is 0 Å². The normalized spacial score (nSPS) is 11.1. The molecule has 0 aliphatic carbocycles. The monoisotopic (exact) mass is 390 g/mol. The maximum absolute atomic E-state index is 12.1. The molecule has 2 N–H and O–H groups in total. The van der Waals surface area contributed by atoms with E-state index in [1.165, 1.54) is 18.2 Å². The second-order valence-corrected chi connectivity index (χ2v) is 6.84. The van der Waals surface area contributed by atoms with Crippen LogP contribution in [-0.4, -0.2) is 24.5 Å². The lowest BCUT2D eigenvalue weighted by molar-refractivity contribution is 0.0696. The third-order valence-electron chi connectivity index (χ3n) is 2.43. The summed E-state index contributed by atoms with van der Waals surface area (Å²) in [6, 6.07) is 6.86. The summed E-state index contributed by atoms with van der Waals surface area (Å²) in [7, 11) is -3.92. The third-order valence-corrected chi connectivity index (χ3v) is 4.61. The molecule has 0 aliphatic heterocycles. The molecule has 110 valence electrons. The first-order valence-electron chi connectivity index (χ1n) is 5.47. The first kappa shape index (κ1) is 15.7. The second-order valence-electron chi connectivity index (χ2n) is 3.92. The summed E-state index contributed by atoms with van der Waals surface area (Å²) in [6.07, 6.45) is 0.980. The molecule has 6 nitrogen and oxygen atoms in total. The smallest absolute Gasteiger partial charge is 0.337 e. The first-order valence-corrected chi connectivity index (χ1v) is 8.12. The number of hydrogen-bond acceptors (Lipinski definition) is 4. The van der Waals surface area contributed by atoms with Gasteiger partial charge in [-0.05, 0) is 46.3 Å². The molecule has 0 bridgehead atoms. The Morgan fingerprint density at radius 3 is 2.52 bits per heavy atom. The highest BCUT2D eigenvalue weighted by molar-refractivity contribution is 9.10. The highest BCUT2D eigenvalue weighted by Crippen LogP contribution is 2.27. The number of carboxylic acids is 1. The van der Waals surface area contributed by atoms with Crippen molar-refractivity contribution in [3.8, 4) is 0 Å². The molecule has 2 rings (SSSR count). The zero-order chi connectivity index (χ0) is 15.6. The number of anilines is 1. The van der Waals surface area contributed by atoms with Crippen LogP contribution >= 0.6 is 27.5 Å². The van der Waals surface area contributed by atoms with Gasteiger partial charge in [0, 0.05) is 15.7 Å². The van der Waals surface area contributed by atoms with Crippen molar-refractivity contribution in [2.75, 3.05) is 4.72 Å². The topological polar surface area (TPSA) is 96.4 Å². The van der Waals surface area contributed by atoms with Crippen molar-refractivity contribution in [1.82, 2.24) is 4.98 Å².